The molecule has 0 saturated heterocycles. The van der Waals surface area contributed by atoms with Crippen molar-refractivity contribution in [1.82, 2.24) is 14.7 Å². The van der Waals surface area contributed by atoms with Crippen LogP contribution in [0.3, 0.4) is 0 Å². The van der Waals surface area contributed by atoms with Crippen LogP contribution in [0.1, 0.15) is 30.8 Å². The molecule has 1 heterocycles. The molecule has 128 valence electrons. The lowest BCUT2D eigenvalue weighted by Gasteiger charge is -2.08. The highest BCUT2D eigenvalue weighted by Crippen LogP contribution is 2.19. The van der Waals surface area contributed by atoms with Crippen LogP contribution in [0, 0.1) is 13.8 Å². The Morgan fingerprint density at radius 1 is 1.35 bits per heavy atom. The fourth-order valence-corrected chi connectivity index (χ4v) is 2.68. The summed E-state index contributed by atoms with van der Waals surface area (Å²) in [7, 11) is -3.20. The van der Waals surface area contributed by atoms with Crippen molar-refractivity contribution in [3.05, 3.63) is 29.1 Å². The number of benzene rings is 1. The Labute approximate surface area is 136 Å². The van der Waals surface area contributed by atoms with Gasteiger partial charge in [0.25, 0.3) is 6.47 Å². The summed E-state index contributed by atoms with van der Waals surface area (Å²) >= 11 is 0. The van der Waals surface area contributed by atoms with E-state index in [1.165, 1.54) is 5.56 Å². The Balaban J connectivity index is 0.000000816. The van der Waals surface area contributed by atoms with Gasteiger partial charge in [0.1, 0.15) is 5.82 Å². The molecule has 2 rings (SSSR count). The Morgan fingerprint density at radius 2 is 1.96 bits per heavy atom. The van der Waals surface area contributed by atoms with Gasteiger partial charge in [0.05, 0.1) is 16.3 Å². The molecule has 1 aromatic heterocycles. The zero-order valence-electron chi connectivity index (χ0n) is 13.8. The Kier molecular flexibility index (Phi) is 6.71. The second-order valence-corrected chi connectivity index (χ2v) is 7.75. The summed E-state index contributed by atoms with van der Waals surface area (Å²) in [6.07, 6.45) is 0.555. The molecule has 0 atom stereocenters. The van der Waals surface area contributed by atoms with Crippen molar-refractivity contribution >= 4 is 27.5 Å². The second-order valence-electron chi connectivity index (χ2n) is 5.43. The van der Waals surface area contributed by atoms with Crippen LogP contribution in [0.4, 0.5) is 0 Å². The van der Waals surface area contributed by atoms with Crippen LogP contribution in [0.25, 0.3) is 11.0 Å². The summed E-state index contributed by atoms with van der Waals surface area (Å²) < 4.78 is 25.9. The number of aryl methyl sites for hydroxylation is 2. The summed E-state index contributed by atoms with van der Waals surface area (Å²) in [4.78, 5) is 16.1. The molecule has 3 N–H and O–H groups in total. The van der Waals surface area contributed by atoms with Gasteiger partial charge in [-0.05, 0) is 44.9 Å². The van der Waals surface area contributed by atoms with Gasteiger partial charge in [0.15, 0.2) is 0 Å². The lowest BCUT2D eigenvalue weighted by molar-refractivity contribution is -0.122. The maximum absolute atomic E-state index is 11.6. The van der Waals surface area contributed by atoms with Gasteiger partial charge >= 0.3 is 0 Å². The normalized spacial score (nSPS) is 11.3. The van der Waals surface area contributed by atoms with Crippen molar-refractivity contribution in [3.8, 4) is 0 Å². The van der Waals surface area contributed by atoms with Crippen molar-refractivity contribution in [1.29, 1.82) is 0 Å². The van der Waals surface area contributed by atoms with Gasteiger partial charge in [-0.25, -0.2) is 18.1 Å². The van der Waals surface area contributed by atoms with Crippen LogP contribution in [0.2, 0.25) is 0 Å². The van der Waals surface area contributed by atoms with E-state index in [0.717, 1.165) is 22.4 Å². The van der Waals surface area contributed by atoms with Crippen LogP contribution in [0.15, 0.2) is 12.1 Å². The van der Waals surface area contributed by atoms with Crippen molar-refractivity contribution in [2.75, 3.05) is 6.54 Å². The van der Waals surface area contributed by atoms with Crippen LogP contribution < -0.4 is 4.72 Å². The maximum Gasteiger partial charge on any atom is 0.290 e. The fourth-order valence-electron chi connectivity index (χ4n) is 1.96. The minimum absolute atomic E-state index is 0.250. The molecule has 0 fully saturated rings. The number of hydrogen-bond donors (Lipinski definition) is 3. The second kappa shape index (κ2) is 8.07. The fraction of sp³-hybridized carbons (Fsp3) is 0.467. The first-order chi connectivity index (χ1) is 10.7. The molecule has 1 aromatic carbocycles. The maximum atomic E-state index is 11.6. The van der Waals surface area contributed by atoms with E-state index in [-0.39, 0.29) is 6.47 Å². The van der Waals surface area contributed by atoms with Crippen molar-refractivity contribution in [2.45, 2.75) is 39.4 Å². The molecule has 2 aromatic rings. The first-order valence-electron chi connectivity index (χ1n) is 7.24. The molecule has 0 aliphatic heterocycles. The van der Waals surface area contributed by atoms with E-state index in [4.69, 9.17) is 9.90 Å². The SMILES string of the molecule is Cc1ccc2[nH]c(CCNS(=O)(=O)C(C)C)nc2c1C.O=CO. The highest BCUT2D eigenvalue weighted by molar-refractivity contribution is 7.90. The smallest absolute Gasteiger partial charge is 0.290 e. The standard InChI is InChI=1S/C14H21N3O2S.CH2O2/c1-9(2)20(18,19)15-8-7-13-16-12-6-5-10(3)11(4)14(12)17-13;2-1-3/h5-6,9,15H,7-8H2,1-4H3,(H,16,17);1H,(H,2,3). The highest BCUT2D eigenvalue weighted by atomic mass is 32.2. The molecule has 7 nitrogen and oxygen atoms in total. The molecule has 0 radical (unpaired) electrons. The number of imidazole rings is 1. The van der Waals surface area contributed by atoms with Crippen LogP contribution in [0.5, 0.6) is 0 Å². The average molecular weight is 341 g/mol. The van der Waals surface area contributed by atoms with E-state index in [1.807, 2.05) is 13.0 Å². The van der Waals surface area contributed by atoms with Gasteiger partial charge in [-0.3, -0.25) is 4.79 Å². The lowest BCUT2D eigenvalue weighted by Crippen LogP contribution is -2.32. The molecule has 0 aliphatic carbocycles. The lowest BCUT2D eigenvalue weighted by atomic mass is 10.1. The number of H-pyrrole nitrogens is 1. The predicted molar refractivity (Wildman–Crippen MR) is 90.0 cm³/mol. The van der Waals surface area contributed by atoms with E-state index < -0.39 is 15.3 Å². The number of nitrogens with one attached hydrogen (secondary N) is 2. The molecule has 0 spiro atoms. The number of rotatable bonds is 5. The van der Waals surface area contributed by atoms with Crippen LogP contribution in [-0.2, 0) is 21.2 Å². The monoisotopic (exact) mass is 341 g/mol. The highest BCUT2D eigenvalue weighted by Gasteiger charge is 2.15. The van der Waals surface area contributed by atoms with Gasteiger partial charge in [0.2, 0.25) is 10.0 Å². The number of sulfonamides is 1. The molecular weight excluding hydrogens is 318 g/mol. The minimum atomic E-state index is -3.20. The van der Waals surface area contributed by atoms with E-state index >= 15 is 0 Å². The Bertz CT molecular complexity index is 766. The molecule has 0 bridgehead atoms. The van der Waals surface area contributed by atoms with Crippen molar-refractivity contribution in [3.63, 3.8) is 0 Å². The molecule has 0 amide bonds. The molecule has 23 heavy (non-hydrogen) atoms. The number of aromatic amines is 1. The molecule has 8 heteroatoms. The Hall–Kier alpha value is -1.93. The zero-order chi connectivity index (χ0) is 17.6. The predicted octanol–water partition coefficient (Wildman–Crippen LogP) is 1.75. The third kappa shape index (κ3) is 5.04. The van der Waals surface area contributed by atoms with E-state index in [0.29, 0.717) is 13.0 Å². The first kappa shape index (κ1) is 19.1. The van der Waals surface area contributed by atoms with Crippen molar-refractivity contribution in [2.24, 2.45) is 0 Å². The number of carboxylic acid groups (broad SMARTS) is 1. The van der Waals surface area contributed by atoms with E-state index in [1.54, 1.807) is 13.8 Å². The number of nitrogens with zero attached hydrogens (tertiary/aromatic N) is 1. The zero-order valence-corrected chi connectivity index (χ0v) is 14.6. The van der Waals surface area contributed by atoms with E-state index in [2.05, 4.69) is 27.7 Å². The third-order valence-electron chi connectivity index (χ3n) is 3.51. The Morgan fingerprint density at radius 3 is 2.52 bits per heavy atom. The topological polar surface area (TPSA) is 112 Å². The van der Waals surface area contributed by atoms with Crippen LogP contribution >= 0.6 is 0 Å². The number of aromatic nitrogens is 2. The number of hydrogen-bond acceptors (Lipinski definition) is 4. The number of carbonyl (C=O) groups is 1. The molecule has 0 unspecified atom stereocenters. The minimum Gasteiger partial charge on any atom is -0.483 e. The van der Waals surface area contributed by atoms with Gasteiger partial charge < -0.3 is 10.1 Å². The summed E-state index contributed by atoms with van der Waals surface area (Å²) in [5.74, 6) is 0.806. The largest absolute Gasteiger partial charge is 0.483 e. The molecule has 0 aliphatic rings. The van der Waals surface area contributed by atoms with Gasteiger partial charge in [-0.2, -0.15) is 0 Å². The quantitative estimate of drug-likeness (QED) is 0.717. The first-order valence-corrected chi connectivity index (χ1v) is 8.78. The average Bonchev–Trinajstić information content (AvgIpc) is 2.87. The molecular formula is C15H23N3O4S. The number of fused-ring (bicyclic) bond motifs is 1. The third-order valence-corrected chi connectivity index (χ3v) is 5.36. The summed E-state index contributed by atoms with van der Waals surface area (Å²) in [5.41, 5.74) is 4.32. The van der Waals surface area contributed by atoms with Crippen LogP contribution in [-0.4, -0.2) is 41.8 Å². The van der Waals surface area contributed by atoms with Gasteiger partial charge in [0, 0.05) is 13.0 Å². The summed E-state index contributed by atoms with van der Waals surface area (Å²) in [6, 6.07) is 4.06. The van der Waals surface area contributed by atoms with Gasteiger partial charge in [-0.15, -0.1) is 0 Å². The summed E-state index contributed by atoms with van der Waals surface area (Å²) in [6.45, 7) is 7.54. The van der Waals surface area contributed by atoms with Gasteiger partial charge in [-0.1, -0.05) is 6.07 Å². The van der Waals surface area contributed by atoms with E-state index in [9.17, 15) is 8.42 Å². The molecule has 0 saturated carbocycles. The summed E-state index contributed by atoms with van der Waals surface area (Å²) in [5, 5.41) is 6.48. The van der Waals surface area contributed by atoms with Crippen molar-refractivity contribution < 1.29 is 18.3 Å².